The molecule has 0 fully saturated rings. The molecule has 1 unspecified atom stereocenters. The zero-order valence-electron chi connectivity index (χ0n) is 14.4. The van der Waals surface area contributed by atoms with Crippen LogP contribution in [-0.2, 0) is 11.2 Å². The fraction of sp³-hybridized carbons (Fsp3) is 0.190. The molecule has 0 N–H and O–H groups in total. The molecule has 0 radical (unpaired) electrons. The zero-order valence-corrected chi connectivity index (χ0v) is 14.4. The number of aromatic nitrogens is 2. The van der Waals surface area contributed by atoms with Crippen molar-refractivity contribution in [3.8, 4) is 0 Å². The lowest BCUT2D eigenvalue weighted by Gasteiger charge is -2.22. The van der Waals surface area contributed by atoms with Crippen LogP contribution >= 0.6 is 0 Å². The molecule has 1 atom stereocenters. The van der Waals surface area contributed by atoms with Crippen molar-refractivity contribution in [2.45, 2.75) is 25.8 Å². The van der Waals surface area contributed by atoms with Crippen molar-refractivity contribution in [1.82, 2.24) is 9.55 Å². The maximum atomic E-state index is 13.8. The molecule has 4 rings (SSSR count). The van der Waals surface area contributed by atoms with Gasteiger partial charge in [-0.1, -0.05) is 31.2 Å². The molecule has 5 heteroatoms. The first-order valence-corrected chi connectivity index (χ1v) is 8.62. The second kappa shape index (κ2) is 6.67. The van der Waals surface area contributed by atoms with Gasteiger partial charge in [-0.05, 0) is 41.3 Å². The molecule has 3 aromatic rings. The zero-order chi connectivity index (χ0) is 18.1. The van der Waals surface area contributed by atoms with Crippen LogP contribution in [0.2, 0.25) is 0 Å². The Morgan fingerprint density at radius 2 is 2.04 bits per heavy atom. The van der Waals surface area contributed by atoms with Gasteiger partial charge >= 0.3 is 0 Å². The number of nitrogens with zero attached hydrogens (tertiary/aromatic N) is 3. The number of halogens is 1. The number of aliphatic imine (C=N–C) groups is 1. The van der Waals surface area contributed by atoms with Crippen molar-refractivity contribution in [2.24, 2.45) is 4.99 Å². The Balaban J connectivity index is 1.82. The predicted molar refractivity (Wildman–Crippen MR) is 98.4 cm³/mol. The van der Waals surface area contributed by atoms with Crippen molar-refractivity contribution in [1.29, 1.82) is 0 Å². The molecule has 0 amide bonds. The van der Waals surface area contributed by atoms with E-state index in [-0.39, 0.29) is 17.6 Å². The van der Waals surface area contributed by atoms with E-state index in [4.69, 9.17) is 0 Å². The third-order valence-corrected chi connectivity index (χ3v) is 4.67. The van der Waals surface area contributed by atoms with Gasteiger partial charge in [0.2, 0.25) is 0 Å². The molecule has 26 heavy (non-hydrogen) atoms. The van der Waals surface area contributed by atoms with E-state index in [0.717, 1.165) is 22.4 Å². The second-order valence-corrected chi connectivity index (χ2v) is 6.37. The van der Waals surface area contributed by atoms with E-state index in [2.05, 4.69) is 9.98 Å². The summed E-state index contributed by atoms with van der Waals surface area (Å²) in [6.07, 6.45) is 6.27. The largest absolute Gasteiger partial charge is 0.326 e. The number of benzene rings is 2. The van der Waals surface area contributed by atoms with E-state index in [9.17, 15) is 9.18 Å². The van der Waals surface area contributed by atoms with E-state index in [0.29, 0.717) is 18.6 Å². The van der Waals surface area contributed by atoms with Gasteiger partial charge in [-0.2, -0.15) is 0 Å². The van der Waals surface area contributed by atoms with Crippen molar-refractivity contribution in [2.75, 3.05) is 0 Å². The summed E-state index contributed by atoms with van der Waals surface area (Å²) in [6.45, 7) is 1.94. The van der Waals surface area contributed by atoms with E-state index < -0.39 is 0 Å². The van der Waals surface area contributed by atoms with Crippen LogP contribution < -0.4 is 0 Å². The Labute approximate surface area is 151 Å². The highest BCUT2D eigenvalue weighted by molar-refractivity contribution is 6.41. The van der Waals surface area contributed by atoms with Crippen LogP contribution in [0.3, 0.4) is 0 Å². The molecule has 1 aliphatic rings. The monoisotopic (exact) mass is 347 g/mol. The Morgan fingerprint density at radius 3 is 2.77 bits per heavy atom. The number of Topliss-reactive ketones (excluding diaryl/α,β-unsaturated/α-hetero) is 1. The molecule has 4 nitrogen and oxygen atoms in total. The normalized spacial score (nSPS) is 14.7. The number of rotatable bonds is 4. The van der Waals surface area contributed by atoms with Crippen LogP contribution in [0, 0.1) is 5.82 Å². The summed E-state index contributed by atoms with van der Waals surface area (Å²) in [5, 5.41) is 0. The first-order valence-electron chi connectivity index (χ1n) is 8.62. The molecular weight excluding hydrogens is 329 g/mol. The van der Waals surface area contributed by atoms with Crippen LogP contribution in [0.4, 0.5) is 10.1 Å². The number of hydrogen-bond donors (Lipinski definition) is 0. The summed E-state index contributed by atoms with van der Waals surface area (Å²) in [7, 11) is 0. The minimum atomic E-state index is -0.280. The van der Waals surface area contributed by atoms with Crippen molar-refractivity contribution >= 4 is 17.2 Å². The van der Waals surface area contributed by atoms with E-state index in [1.807, 2.05) is 42.0 Å². The third-order valence-electron chi connectivity index (χ3n) is 4.67. The Bertz CT molecular complexity index is 992. The summed E-state index contributed by atoms with van der Waals surface area (Å²) in [5.41, 5.74) is 4.17. The third kappa shape index (κ3) is 2.96. The summed E-state index contributed by atoms with van der Waals surface area (Å²) in [6, 6.07) is 12.3. The number of fused-ring (bicyclic) bond motifs is 1. The van der Waals surface area contributed by atoms with Gasteiger partial charge in [-0.25, -0.2) is 14.4 Å². The highest BCUT2D eigenvalue weighted by Crippen LogP contribution is 2.33. The lowest BCUT2D eigenvalue weighted by molar-refractivity contribution is -0.112. The van der Waals surface area contributed by atoms with Gasteiger partial charge < -0.3 is 4.57 Å². The number of carbonyl (C=O) groups is 1. The lowest BCUT2D eigenvalue weighted by Crippen LogP contribution is -2.20. The van der Waals surface area contributed by atoms with Crippen LogP contribution in [0.15, 0.2) is 66.2 Å². The summed E-state index contributed by atoms with van der Waals surface area (Å²) in [4.78, 5) is 20.8. The minimum Gasteiger partial charge on any atom is -0.326 e. The smallest absolute Gasteiger partial charge is 0.181 e. The summed E-state index contributed by atoms with van der Waals surface area (Å²) >= 11 is 0. The number of hydrogen-bond acceptors (Lipinski definition) is 3. The highest BCUT2D eigenvalue weighted by atomic mass is 19.1. The van der Waals surface area contributed by atoms with Crippen LogP contribution in [0.25, 0.3) is 0 Å². The van der Waals surface area contributed by atoms with Gasteiger partial charge in [-0.15, -0.1) is 0 Å². The van der Waals surface area contributed by atoms with Gasteiger partial charge in [0.25, 0.3) is 0 Å². The molecule has 130 valence electrons. The molecule has 2 heterocycles. The average molecular weight is 347 g/mol. The fourth-order valence-electron chi connectivity index (χ4n) is 3.42. The van der Waals surface area contributed by atoms with Crippen LogP contribution in [0.1, 0.15) is 36.1 Å². The standard InChI is InChI=1S/C21H18FN3O/c1-2-18-20(26)12-16-10-15(6-7-19(16)24-18)21(25-9-8-23-13-25)14-4-3-5-17(22)11-14/h3-11,13,21H,2,12H2,1H3. The molecule has 0 saturated heterocycles. The fourth-order valence-corrected chi connectivity index (χ4v) is 3.42. The number of imidazole rings is 1. The lowest BCUT2D eigenvalue weighted by atomic mass is 9.92. The number of ketones is 1. The van der Waals surface area contributed by atoms with E-state index in [1.165, 1.54) is 12.1 Å². The average Bonchev–Trinajstić information content (AvgIpc) is 3.15. The van der Waals surface area contributed by atoms with E-state index in [1.54, 1.807) is 18.6 Å². The molecule has 1 aromatic heterocycles. The van der Waals surface area contributed by atoms with E-state index >= 15 is 0 Å². The highest BCUT2D eigenvalue weighted by Gasteiger charge is 2.22. The number of carbonyl (C=O) groups excluding carboxylic acids is 1. The quantitative estimate of drug-likeness (QED) is 0.708. The minimum absolute atomic E-state index is 0.0714. The van der Waals surface area contributed by atoms with Gasteiger partial charge in [0, 0.05) is 18.8 Å². The summed E-state index contributed by atoms with van der Waals surface area (Å²) < 4.78 is 15.7. The molecule has 0 bridgehead atoms. The Hall–Kier alpha value is -3.08. The van der Waals surface area contributed by atoms with Crippen molar-refractivity contribution in [3.63, 3.8) is 0 Å². The molecular formula is C21H18FN3O. The van der Waals surface area contributed by atoms with Gasteiger partial charge in [0.1, 0.15) is 5.82 Å². The van der Waals surface area contributed by atoms with Crippen molar-refractivity contribution < 1.29 is 9.18 Å². The van der Waals surface area contributed by atoms with Gasteiger partial charge in [0.05, 0.1) is 23.8 Å². The first-order chi connectivity index (χ1) is 12.7. The first kappa shape index (κ1) is 16.4. The molecule has 0 aliphatic carbocycles. The van der Waals surface area contributed by atoms with Crippen LogP contribution in [-0.4, -0.2) is 21.0 Å². The molecule has 0 spiro atoms. The Morgan fingerprint density at radius 1 is 1.19 bits per heavy atom. The predicted octanol–water partition coefficient (Wildman–Crippen LogP) is 4.27. The molecule has 2 aromatic carbocycles. The molecule has 0 saturated carbocycles. The topological polar surface area (TPSA) is 47.2 Å². The Kier molecular flexibility index (Phi) is 4.21. The van der Waals surface area contributed by atoms with Gasteiger partial charge in [-0.3, -0.25) is 4.79 Å². The van der Waals surface area contributed by atoms with Gasteiger partial charge in [0.15, 0.2) is 5.78 Å². The van der Waals surface area contributed by atoms with Crippen molar-refractivity contribution in [3.05, 3.63) is 83.7 Å². The maximum Gasteiger partial charge on any atom is 0.181 e. The summed E-state index contributed by atoms with van der Waals surface area (Å²) in [5.74, 6) is -0.208. The van der Waals surface area contributed by atoms with Crippen LogP contribution in [0.5, 0.6) is 0 Å². The molecule has 1 aliphatic heterocycles. The second-order valence-electron chi connectivity index (χ2n) is 6.37. The SMILES string of the molecule is CCC1=Nc2ccc(C(c3cccc(F)c3)n3ccnc3)cc2CC1=O. The maximum absolute atomic E-state index is 13.8.